The number of aromatic hydroxyl groups is 1. The quantitative estimate of drug-likeness (QED) is 0.0166. The number of benzene rings is 2. The fourth-order valence-corrected chi connectivity index (χ4v) is 14.9. The first-order chi connectivity index (χ1) is 69.3. The molecule has 2 rings (SSSR count). The van der Waals surface area contributed by atoms with Gasteiger partial charge in [0.2, 0.25) is 118 Å². The van der Waals surface area contributed by atoms with Crippen LogP contribution in [0, 0.1) is 35.0 Å². The van der Waals surface area contributed by atoms with Crippen LogP contribution in [-0.2, 0) is 118 Å². The summed E-state index contributed by atoms with van der Waals surface area (Å²) in [7, 11) is 0. The SMILES string of the molecule is CC[C@H](C)[C@H](NC(=O)[C@@H](NC(=O)[C@@H](NC(=O)[C@H](CC(C)C)NC(=O)[C@@H](N)C(C)C)[C@@H](C)O)C(C)C)C(=O)N[C@@H](CC(N)=O)C(=O)N[C@@H](CCC(N)=O)C(=O)N[C@H](C(=O)N[C@@H](CCC(N)=O)C(=O)N[C@@H](CCCCN)C(=O)N[C@@H](CCC(=O)O)C(=O)N[C@@H](CC(N)=O)C(=O)N[C@@H](CC(C)C)C(=O)N[C@@H](CCCNC(=N)N)C(=O)N[C@@H](CCCCN)C(=O)N[C@@H](Cc1ccccc1)C(=O)N[C@@H](Cc1ccc(O)cc1)C(=O)O)[C@@H](C)O. The Labute approximate surface area is 858 Å². The number of aliphatic hydroxyl groups excluding tert-OH is 2. The van der Waals surface area contributed by atoms with Crippen molar-refractivity contribution in [2.24, 2.45) is 75.5 Å². The summed E-state index contributed by atoms with van der Waals surface area (Å²) in [5.41, 5.74) is 46.4. The lowest BCUT2D eigenvalue weighted by molar-refractivity contribution is -0.142. The first-order valence-electron chi connectivity index (χ1n) is 49.2. The van der Waals surface area contributed by atoms with Crippen molar-refractivity contribution in [2.75, 3.05) is 19.6 Å². The number of carbonyl (C=O) groups is 22. The number of rotatable bonds is 72. The van der Waals surface area contributed by atoms with E-state index in [0.29, 0.717) is 17.5 Å². The number of carboxylic acid groups (broad SMARTS) is 2. The van der Waals surface area contributed by atoms with Gasteiger partial charge in [-0.3, -0.25) is 106 Å². The Balaban J connectivity index is 2.63. The number of hydrogen-bond donors (Lipinski definition) is 31. The van der Waals surface area contributed by atoms with Crippen LogP contribution in [0.4, 0.5) is 0 Å². The molecule has 0 aliphatic heterocycles. The van der Waals surface area contributed by atoms with E-state index >= 15 is 0 Å². The highest BCUT2D eigenvalue weighted by molar-refractivity contribution is 6.03. The zero-order valence-corrected chi connectivity index (χ0v) is 85.9. The van der Waals surface area contributed by atoms with Crippen LogP contribution in [0.5, 0.6) is 5.75 Å². The van der Waals surface area contributed by atoms with Gasteiger partial charge in [-0.25, -0.2) is 4.79 Å². The first kappa shape index (κ1) is 130. The molecular weight excluding hydrogens is 1940 g/mol. The maximum atomic E-state index is 14.8. The number of unbranched alkanes of at least 4 members (excludes halogenated alkanes) is 2. The molecule has 0 aromatic heterocycles. The molecule has 0 saturated heterocycles. The average molecular weight is 2090 g/mol. The number of phenolic OH excluding ortho intramolecular Hbond substituents is 1. The average Bonchev–Trinajstić information content (AvgIpc) is 0.841. The smallest absolute Gasteiger partial charge is 0.326 e. The number of nitrogens with one attached hydrogen (secondary N) is 18. The molecule has 2 aromatic carbocycles. The summed E-state index contributed by atoms with van der Waals surface area (Å²) in [4.78, 5) is 306. The third-order valence-electron chi connectivity index (χ3n) is 23.5. The van der Waals surface area contributed by atoms with E-state index in [2.05, 4.69) is 90.4 Å². The molecule has 0 saturated carbocycles. The molecule has 53 nitrogen and oxygen atoms in total. The lowest BCUT2D eigenvalue weighted by Gasteiger charge is -2.31. The zero-order valence-electron chi connectivity index (χ0n) is 85.9. The van der Waals surface area contributed by atoms with Gasteiger partial charge in [0.25, 0.3) is 0 Å². The van der Waals surface area contributed by atoms with Gasteiger partial charge in [0, 0.05) is 38.6 Å². The number of nitrogens with two attached hydrogens (primary N) is 8. The summed E-state index contributed by atoms with van der Waals surface area (Å²) in [6.45, 7) is 18.5. The van der Waals surface area contributed by atoms with Gasteiger partial charge in [0.05, 0.1) is 31.1 Å². The Morgan fingerprint density at radius 1 is 0.324 bits per heavy atom. The van der Waals surface area contributed by atoms with Crippen molar-refractivity contribution >= 4 is 136 Å². The van der Waals surface area contributed by atoms with Crippen LogP contribution in [0.1, 0.15) is 216 Å². The van der Waals surface area contributed by atoms with Crippen LogP contribution in [0.2, 0.25) is 0 Å². The third kappa shape index (κ3) is 49.2. The van der Waals surface area contributed by atoms with Gasteiger partial charge >= 0.3 is 11.9 Å². The van der Waals surface area contributed by atoms with Crippen molar-refractivity contribution in [3.05, 3.63) is 65.7 Å². The molecule has 0 heterocycles. The third-order valence-corrected chi connectivity index (χ3v) is 23.5. The lowest BCUT2D eigenvalue weighted by atomic mass is 9.95. The number of hydrogen-bond acceptors (Lipinski definition) is 29. The molecule has 2 aromatic rings. The predicted molar refractivity (Wildman–Crippen MR) is 536 cm³/mol. The Hall–Kier alpha value is -14.4. The van der Waals surface area contributed by atoms with E-state index in [1.165, 1.54) is 52.0 Å². The number of carboxylic acids is 2. The minimum Gasteiger partial charge on any atom is -0.508 e. The first-order valence-corrected chi connectivity index (χ1v) is 49.2. The largest absolute Gasteiger partial charge is 0.508 e. The van der Waals surface area contributed by atoms with Gasteiger partial charge in [-0.05, 0) is 163 Å². The Morgan fingerprint density at radius 3 is 1.01 bits per heavy atom. The standard InChI is InChI=1S/C95H156N26O27/c1-13-50(10)75(119-90(143)74(49(8)9)118-93(146)77(52(12)123)121-88(141)63(41-47(4)5)115-89(142)73(102)48(6)7)91(144)116-66(45-71(101)128)86(139)110-60(32-35-69(99)126)83(136)120-76(51(11)122)92(145)111-59(31-34-68(98)125)81(134)107-56(24-17-19-37-96)78(131)109-61(33-36-72(129)130)82(135)114-65(44-70(100)127)87(140)112-62(40-46(2)3)84(137)108-58(26-21-39-105-95(103)104)79(132)106-57(25-18-20-38-97)80(133)113-64(42-53-22-15-14-16-23-53)85(138)117-67(94(147)148)43-54-27-29-55(124)30-28-54/h14-16,22-23,27-30,46-52,56-67,73-77,122-124H,13,17-21,24-26,31-45,96-97,102H2,1-12H3,(H2,98,125)(H2,99,126)(H2,100,127)(H2,101,128)(H,106,132)(H,107,134)(H,108,137)(H,109,131)(H,110,139)(H,111,145)(H,112,140)(H,113,133)(H,114,135)(H,115,142)(H,116,144)(H,117,138)(H,118,146)(H,119,143)(H,120,136)(H,121,141)(H,129,130)(H,147,148)(H4,103,104,105)/t50-,51+,52+,56-,57-,58-,59-,60-,61-,62-,63-,64-,65-,66-,67-,73-,74-,75-,76-,77-/m0/s1. The van der Waals surface area contributed by atoms with Gasteiger partial charge in [-0.1, -0.05) is 118 Å². The molecule has 20 atom stereocenters. The summed E-state index contributed by atoms with van der Waals surface area (Å²) in [5, 5.41) is 101. The molecule has 0 radical (unpaired) electrons. The normalized spacial score (nSPS) is 15.3. The van der Waals surface area contributed by atoms with Crippen molar-refractivity contribution in [3.8, 4) is 5.75 Å². The molecule has 0 aliphatic carbocycles. The highest BCUT2D eigenvalue weighted by Crippen LogP contribution is 2.20. The summed E-state index contributed by atoms with van der Waals surface area (Å²) < 4.78 is 0. The minimum atomic E-state index is -2.18. The van der Waals surface area contributed by atoms with E-state index in [1.54, 1.807) is 78.8 Å². The van der Waals surface area contributed by atoms with E-state index in [9.17, 15) is 131 Å². The molecule has 39 N–H and O–H groups in total. The molecule has 20 amide bonds. The second-order valence-corrected chi connectivity index (χ2v) is 38.1. The van der Waals surface area contributed by atoms with Crippen LogP contribution in [0.25, 0.3) is 0 Å². The van der Waals surface area contributed by atoms with Crippen LogP contribution in [0.15, 0.2) is 54.6 Å². The predicted octanol–water partition coefficient (Wildman–Crippen LogP) is -7.77. The molecule has 0 bridgehead atoms. The van der Waals surface area contributed by atoms with Crippen molar-refractivity contribution < 1.29 is 131 Å². The molecule has 0 fully saturated rings. The van der Waals surface area contributed by atoms with Gasteiger partial charge in [0.15, 0.2) is 5.96 Å². The summed E-state index contributed by atoms with van der Waals surface area (Å²) in [6, 6.07) is -15.1. The van der Waals surface area contributed by atoms with E-state index in [4.69, 9.17) is 51.3 Å². The van der Waals surface area contributed by atoms with E-state index < -0.39 is 320 Å². The van der Waals surface area contributed by atoms with Crippen LogP contribution in [-0.4, -0.2) is 296 Å². The van der Waals surface area contributed by atoms with E-state index in [-0.39, 0.29) is 114 Å². The summed E-state index contributed by atoms with van der Waals surface area (Å²) in [5.74, 6) is -28.9. The zero-order chi connectivity index (χ0) is 112. The second kappa shape index (κ2) is 66.7. The number of phenols is 1. The van der Waals surface area contributed by atoms with Crippen molar-refractivity contribution in [1.29, 1.82) is 5.41 Å². The molecular formula is C95H156N26O27. The van der Waals surface area contributed by atoms with Crippen molar-refractivity contribution in [2.45, 2.75) is 333 Å². The molecule has 828 valence electrons. The van der Waals surface area contributed by atoms with Crippen molar-refractivity contribution in [3.63, 3.8) is 0 Å². The lowest BCUT2D eigenvalue weighted by Crippen LogP contribution is -2.63. The maximum absolute atomic E-state index is 14.8. The van der Waals surface area contributed by atoms with Gasteiger partial charge in [-0.15, -0.1) is 0 Å². The van der Waals surface area contributed by atoms with E-state index in [1.807, 2.05) is 0 Å². The molecule has 148 heavy (non-hydrogen) atoms. The fraction of sp³-hybridized carbons (Fsp3) is 0.632. The Morgan fingerprint density at radius 2 is 0.628 bits per heavy atom. The summed E-state index contributed by atoms with van der Waals surface area (Å²) >= 11 is 0. The van der Waals surface area contributed by atoms with Gasteiger partial charge in [-0.2, -0.15) is 0 Å². The summed E-state index contributed by atoms with van der Waals surface area (Å²) in [6.07, 6.45) is -10.7. The molecule has 53 heteroatoms. The maximum Gasteiger partial charge on any atom is 0.326 e. The van der Waals surface area contributed by atoms with Crippen molar-refractivity contribution in [1.82, 2.24) is 90.4 Å². The minimum absolute atomic E-state index is 0.000382. The number of carbonyl (C=O) groups excluding carboxylic acids is 20. The van der Waals surface area contributed by atoms with E-state index in [0.717, 1.165) is 6.92 Å². The molecule has 0 unspecified atom stereocenters. The topological polar surface area (TPSA) is 913 Å². The number of guanidine groups is 1. The number of amides is 20. The Bertz CT molecular complexity index is 4800. The van der Waals surface area contributed by atoms with Crippen LogP contribution < -0.4 is 136 Å². The molecule has 0 aliphatic rings. The fourth-order valence-electron chi connectivity index (χ4n) is 14.9. The molecule has 0 spiro atoms. The monoisotopic (exact) mass is 2090 g/mol. The second-order valence-electron chi connectivity index (χ2n) is 38.1. The van der Waals surface area contributed by atoms with Crippen LogP contribution >= 0.6 is 0 Å². The highest BCUT2D eigenvalue weighted by Gasteiger charge is 2.43. The Kier molecular flexibility index (Phi) is 58.5. The number of aliphatic hydroxyl groups is 2. The van der Waals surface area contributed by atoms with Gasteiger partial charge in [0.1, 0.15) is 102 Å². The number of aliphatic carboxylic acids is 2. The van der Waals surface area contributed by atoms with Gasteiger partial charge < -0.3 is 162 Å². The highest BCUT2D eigenvalue weighted by atomic mass is 16.4. The van der Waals surface area contributed by atoms with Crippen LogP contribution in [0.3, 0.4) is 0 Å². The number of primary amides is 4.